The lowest BCUT2D eigenvalue weighted by Gasteiger charge is -2.49. The van der Waals surface area contributed by atoms with Gasteiger partial charge in [-0.25, -0.2) is 0 Å². The van der Waals surface area contributed by atoms with E-state index in [1.807, 2.05) is 18.2 Å². The number of ether oxygens (including phenoxy) is 14. The molecule has 3 aliphatic rings. The van der Waals surface area contributed by atoms with E-state index in [1.54, 1.807) is 11.8 Å². The van der Waals surface area contributed by atoms with E-state index < -0.39 is 91.3 Å². The van der Waals surface area contributed by atoms with E-state index in [1.165, 1.54) is 0 Å². The van der Waals surface area contributed by atoms with Crippen molar-refractivity contribution in [3.05, 3.63) is 30.3 Å². The molecule has 15 nitrogen and oxygen atoms in total. The first-order valence-electron chi connectivity index (χ1n) is 30.4. The summed E-state index contributed by atoms with van der Waals surface area (Å²) in [7, 11) is 0. The summed E-state index contributed by atoms with van der Waals surface area (Å²) in [4.78, 5) is 1.07. The molecule has 76 heavy (non-hydrogen) atoms. The average Bonchev–Trinajstić information content (AvgIpc) is 3.44. The van der Waals surface area contributed by atoms with Crippen molar-refractivity contribution in [1.82, 2.24) is 0 Å². The van der Waals surface area contributed by atoms with Crippen molar-refractivity contribution < 1.29 is 71.4 Å². The van der Waals surface area contributed by atoms with Gasteiger partial charge in [-0.15, -0.1) is 0 Å². The second-order valence-electron chi connectivity index (χ2n) is 20.6. The highest BCUT2D eigenvalue weighted by Gasteiger charge is 2.54. The van der Waals surface area contributed by atoms with Gasteiger partial charge in [0.05, 0.1) is 19.8 Å². The fourth-order valence-corrected chi connectivity index (χ4v) is 10.6. The number of aliphatic hydroxyl groups excluding tert-OH is 1. The van der Waals surface area contributed by atoms with E-state index in [4.69, 9.17) is 66.3 Å². The fraction of sp³-hybridized carbons (Fsp3) is 0.900. The van der Waals surface area contributed by atoms with E-state index in [0.29, 0.717) is 59.5 Å². The second kappa shape index (κ2) is 41.9. The number of hydrogen-bond donors (Lipinski definition) is 1. The van der Waals surface area contributed by atoms with Gasteiger partial charge in [0, 0.05) is 64.4 Å². The number of thioether (sulfide) groups is 1. The molecule has 0 radical (unpaired) electrons. The summed E-state index contributed by atoms with van der Waals surface area (Å²) in [6.07, 6.45) is 7.92. The number of aliphatic hydroxyl groups is 1. The molecule has 0 aromatic heterocycles. The molecule has 1 aromatic carbocycles. The Hall–Kier alpha value is -1.03. The minimum Gasteiger partial charge on any atom is -0.394 e. The lowest BCUT2D eigenvalue weighted by Crippen LogP contribution is -2.65. The molecule has 0 amide bonds. The average molecular weight is 1100 g/mol. The van der Waals surface area contributed by atoms with Gasteiger partial charge >= 0.3 is 0 Å². The Morgan fingerprint density at radius 2 is 0.632 bits per heavy atom. The topological polar surface area (TPSA) is 149 Å². The van der Waals surface area contributed by atoms with E-state index in [2.05, 4.69) is 74.4 Å². The zero-order valence-electron chi connectivity index (χ0n) is 48.8. The fourth-order valence-electron chi connectivity index (χ4n) is 9.40. The molecule has 0 spiro atoms. The number of benzene rings is 1. The zero-order valence-corrected chi connectivity index (χ0v) is 49.6. The van der Waals surface area contributed by atoms with Crippen LogP contribution in [0, 0.1) is 0 Å². The van der Waals surface area contributed by atoms with Gasteiger partial charge in [-0.1, -0.05) is 150 Å². The third-order valence-corrected chi connectivity index (χ3v) is 15.2. The number of rotatable bonds is 45. The highest BCUT2D eigenvalue weighted by Crippen LogP contribution is 2.39. The normalized spacial score (nSPS) is 30.1. The van der Waals surface area contributed by atoms with Gasteiger partial charge in [0.15, 0.2) is 12.6 Å². The molecule has 1 N–H and O–H groups in total. The Bertz CT molecular complexity index is 1500. The summed E-state index contributed by atoms with van der Waals surface area (Å²) in [5, 5.41) is 10.9. The third kappa shape index (κ3) is 23.1. The molecule has 3 saturated heterocycles. The van der Waals surface area contributed by atoms with Crippen molar-refractivity contribution in [3.63, 3.8) is 0 Å². The number of hydrogen-bond acceptors (Lipinski definition) is 16. The molecule has 3 heterocycles. The first-order valence-corrected chi connectivity index (χ1v) is 31.3. The van der Waals surface area contributed by atoms with Crippen molar-refractivity contribution in [3.8, 4) is 0 Å². The zero-order chi connectivity index (χ0) is 54.6. The van der Waals surface area contributed by atoms with Gasteiger partial charge < -0.3 is 71.4 Å². The Labute approximate surface area is 465 Å². The maximum atomic E-state index is 10.9. The molecule has 444 valence electrons. The molecular formula is C60H108O15S. The standard InChI is InChI=1S/C60H108O15S/c1-10-19-33-62-49-46(42-61)73-58(55(68-39-25-16-7)52(49)65-36-22-13-4)71-43-47-50(63-34-20-11-2)53(66-37-23-14-5)56(69-40-26-17-8)59(74-47)72-44-48-51(64-35-21-12-3)54(67-38-24-15-6)57(70-41-27-18-9)60(75-48)76-45-31-29-28-30-32-45/h28-32,46-61H,10-27,33-44H2,1-9H3/t46?,47?,48?,49-,50-,51-,52?,53?,54?,55?,56?,57?,58-,59-,60+/m1/s1. The van der Waals surface area contributed by atoms with Crippen LogP contribution in [0.15, 0.2) is 35.2 Å². The van der Waals surface area contributed by atoms with Gasteiger partial charge in [-0.3, -0.25) is 0 Å². The first kappa shape index (κ1) is 67.5. The third-order valence-electron chi connectivity index (χ3n) is 14.1. The lowest BCUT2D eigenvalue weighted by atomic mass is 9.96. The van der Waals surface area contributed by atoms with Crippen LogP contribution in [0.4, 0.5) is 0 Å². The van der Waals surface area contributed by atoms with Gasteiger partial charge in [-0.2, -0.15) is 0 Å². The van der Waals surface area contributed by atoms with Gasteiger partial charge in [-0.05, 0) is 69.9 Å². The molecular weight excluding hydrogens is 993 g/mol. The summed E-state index contributed by atoms with van der Waals surface area (Å²) < 4.78 is 96.1. The van der Waals surface area contributed by atoms with Crippen LogP contribution in [0.2, 0.25) is 0 Å². The molecule has 16 heteroatoms. The Morgan fingerprint density at radius 3 is 0.987 bits per heavy atom. The van der Waals surface area contributed by atoms with Crippen LogP contribution in [0.3, 0.4) is 0 Å². The van der Waals surface area contributed by atoms with E-state index >= 15 is 0 Å². The summed E-state index contributed by atoms with van der Waals surface area (Å²) >= 11 is 1.64. The van der Waals surface area contributed by atoms with Crippen LogP contribution >= 0.6 is 11.8 Å². The highest BCUT2D eigenvalue weighted by molar-refractivity contribution is 7.99. The molecule has 9 unspecified atom stereocenters. The smallest absolute Gasteiger partial charge is 0.187 e. The minimum atomic E-state index is -0.920. The van der Waals surface area contributed by atoms with E-state index in [0.717, 1.165) is 120 Å². The van der Waals surface area contributed by atoms with Gasteiger partial charge in [0.25, 0.3) is 0 Å². The molecule has 4 rings (SSSR count). The van der Waals surface area contributed by atoms with Crippen LogP contribution in [-0.2, 0) is 66.3 Å². The van der Waals surface area contributed by atoms with Crippen molar-refractivity contribution in [2.24, 2.45) is 0 Å². The SMILES string of the molecule is CCCCOC1C(OCCCC)[C@H](OCCCC)C(CO)O[C@H]1OCC1O[C@@H](OCC2O[C@@H](Sc3ccccc3)C(OCCCC)C(OCCCC)[C@@H]2OCCCC)C(OCCCC)C(OCCCC)[C@@H]1OCCCC. The van der Waals surface area contributed by atoms with Crippen LogP contribution in [0.25, 0.3) is 0 Å². The largest absolute Gasteiger partial charge is 0.394 e. The highest BCUT2D eigenvalue weighted by atomic mass is 32.2. The van der Waals surface area contributed by atoms with Crippen LogP contribution in [0.1, 0.15) is 178 Å². The first-order chi connectivity index (χ1) is 37.4. The van der Waals surface area contributed by atoms with Crippen LogP contribution in [0.5, 0.6) is 0 Å². The Kier molecular flexibility index (Phi) is 37.2. The quantitative estimate of drug-likeness (QED) is 0.0617. The predicted molar refractivity (Wildman–Crippen MR) is 299 cm³/mol. The van der Waals surface area contributed by atoms with Gasteiger partial charge in [0.1, 0.15) is 78.7 Å². The summed E-state index contributed by atoms with van der Waals surface area (Å²) in [6, 6.07) is 10.3. The van der Waals surface area contributed by atoms with Crippen molar-refractivity contribution in [2.45, 2.75) is 274 Å². The predicted octanol–water partition coefficient (Wildman–Crippen LogP) is 11.6. The number of unbranched alkanes of at least 4 members (excludes halogenated alkanes) is 9. The molecule has 0 saturated carbocycles. The lowest BCUT2D eigenvalue weighted by molar-refractivity contribution is -0.352. The van der Waals surface area contributed by atoms with Gasteiger partial charge in [0.2, 0.25) is 0 Å². The minimum absolute atomic E-state index is 0.0358. The Balaban J connectivity index is 1.77. The van der Waals surface area contributed by atoms with Crippen molar-refractivity contribution in [2.75, 3.05) is 79.3 Å². The van der Waals surface area contributed by atoms with Crippen LogP contribution in [-0.4, -0.2) is 176 Å². The monoisotopic (exact) mass is 1100 g/mol. The van der Waals surface area contributed by atoms with Crippen molar-refractivity contribution >= 4 is 11.8 Å². The molecule has 0 bridgehead atoms. The maximum Gasteiger partial charge on any atom is 0.187 e. The molecule has 3 aliphatic heterocycles. The van der Waals surface area contributed by atoms with E-state index in [-0.39, 0.29) is 19.8 Å². The summed E-state index contributed by atoms with van der Waals surface area (Å²) in [5.74, 6) is 0. The van der Waals surface area contributed by atoms with Crippen LogP contribution < -0.4 is 0 Å². The summed E-state index contributed by atoms with van der Waals surface area (Å²) in [6.45, 7) is 24.0. The Morgan fingerprint density at radius 1 is 0.342 bits per heavy atom. The maximum absolute atomic E-state index is 10.9. The van der Waals surface area contributed by atoms with Crippen molar-refractivity contribution in [1.29, 1.82) is 0 Å². The summed E-state index contributed by atoms with van der Waals surface area (Å²) in [5.41, 5.74) is -0.422. The molecule has 0 aliphatic carbocycles. The molecule has 1 aromatic rings. The molecule has 3 fully saturated rings. The van der Waals surface area contributed by atoms with E-state index in [9.17, 15) is 5.11 Å². The molecule has 15 atom stereocenters. The second-order valence-corrected chi connectivity index (χ2v) is 21.8.